The van der Waals surface area contributed by atoms with Gasteiger partial charge >= 0.3 is 0 Å². The Kier molecular flexibility index (Phi) is 3.61. The van der Waals surface area contributed by atoms with Gasteiger partial charge in [0.25, 0.3) is 0 Å². The summed E-state index contributed by atoms with van der Waals surface area (Å²) in [7, 11) is -4.01. The number of thioether (sulfide) groups is 1. The molecule has 18 heavy (non-hydrogen) atoms. The molecule has 0 spiro atoms. The molecule has 7 heteroatoms. The summed E-state index contributed by atoms with van der Waals surface area (Å²) in [5.41, 5.74) is -1.12. The van der Waals surface area contributed by atoms with Crippen molar-refractivity contribution in [3.8, 4) is 6.07 Å². The molecule has 1 aliphatic heterocycles. The van der Waals surface area contributed by atoms with E-state index in [1.54, 1.807) is 0 Å². The van der Waals surface area contributed by atoms with Crippen molar-refractivity contribution in [2.24, 2.45) is 0 Å². The fourth-order valence-electron chi connectivity index (χ4n) is 1.73. The summed E-state index contributed by atoms with van der Waals surface area (Å²) in [5, 5.41) is 9.11. The predicted octanol–water partition coefficient (Wildman–Crippen LogP) is 1.50. The summed E-state index contributed by atoms with van der Waals surface area (Å²) in [6, 6.07) is 7.12. The second-order valence-electron chi connectivity index (χ2n) is 4.03. The number of hydrogen-bond donors (Lipinski definition) is 1. The highest BCUT2D eigenvalue weighted by Crippen LogP contribution is 2.29. The second kappa shape index (κ2) is 4.88. The van der Waals surface area contributed by atoms with E-state index in [0.29, 0.717) is 17.9 Å². The van der Waals surface area contributed by atoms with Gasteiger partial charge in [-0.25, -0.2) is 12.8 Å². The Morgan fingerprint density at radius 2 is 2.17 bits per heavy atom. The number of halogens is 1. The first-order valence-electron chi connectivity index (χ1n) is 5.27. The molecular weight excluding hydrogens is 275 g/mol. The first kappa shape index (κ1) is 13.3. The van der Waals surface area contributed by atoms with E-state index < -0.39 is 26.3 Å². The molecule has 0 saturated carbocycles. The van der Waals surface area contributed by atoms with E-state index in [1.807, 2.05) is 6.07 Å². The van der Waals surface area contributed by atoms with Crippen molar-refractivity contribution in [3.05, 3.63) is 30.1 Å². The van der Waals surface area contributed by atoms with E-state index in [-0.39, 0.29) is 0 Å². The van der Waals surface area contributed by atoms with Crippen LogP contribution in [0, 0.1) is 17.1 Å². The van der Waals surface area contributed by atoms with E-state index in [9.17, 15) is 12.8 Å². The molecule has 0 aliphatic carbocycles. The van der Waals surface area contributed by atoms with Crippen LogP contribution in [0.4, 0.5) is 4.39 Å². The summed E-state index contributed by atoms with van der Waals surface area (Å²) in [6.07, 6.45) is 0.432. The third kappa shape index (κ3) is 2.51. The van der Waals surface area contributed by atoms with Gasteiger partial charge in [-0.3, -0.25) is 0 Å². The third-order valence-corrected chi connectivity index (χ3v) is 5.45. The molecule has 1 N–H and O–H groups in total. The van der Waals surface area contributed by atoms with Crippen molar-refractivity contribution < 1.29 is 12.8 Å². The van der Waals surface area contributed by atoms with Crippen LogP contribution in [0.5, 0.6) is 0 Å². The lowest BCUT2D eigenvalue weighted by Crippen LogP contribution is -2.47. The van der Waals surface area contributed by atoms with Gasteiger partial charge in [-0.2, -0.15) is 21.7 Å². The highest BCUT2D eigenvalue weighted by Gasteiger charge is 2.39. The van der Waals surface area contributed by atoms with Crippen LogP contribution < -0.4 is 4.72 Å². The van der Waals surface area contributed by atoms with Gasteiger partial charge in [0.05, 0.1) is 6.07 Å². The average Bonchev–Trinajstić information content (AvgIpc) is 2.78. The van der Waals surface area contributed by atoms with Crippen molar-refractivity contribution in [1.29, 1.82) is 5.26 Å². The molecule has 1 heterocycles. The van der Waals surface area contributed by atoms with E-state index in [0.717, 1.165) is 6.07 Å². The van der Waals surface area contributed by atoms with Crippen LogP contribution in [-0.2, 0) is 10.0 Å². The van der Waals surface area contributed by atoms with Crippen molar-refractivity contribution in [2.75, 3.05) is 11.5 Å². The monoisotopic (exact) mass is 286 g/mol. The molecule has 0 amide bonds. The van der Waals surface area contributed by atoms with E-state index in [2.05, 4.69) is 4.72 Å². The minimum Gasteiger partial charge on any atom is -0.207 e. The van der Waals surface area contributed by atoms with Gasteiger partial charge < -0.3 is 0 Å². The lowest BCUT2D eigenvalue weighted by atomic mass is 10.0. The normalized spacial score (nSPS) is 23.8. The maximum Gasteiger partial charge on any atom is 0.244 e. The number of nitriles is 1. The second-order valence-corrected chi connectivity index (χ2v) is 6.79. The smallest absolute Gasteiger partial charge is 0.207 e. The molecule has 0 aromatic heterocycles. The summed E-state index contributed by atoms with van der Waals surface area (Å²) >= 11 is 1.50. The lowest BCUT2D eigenvalue weighted by Gasteiger charge is -2.21. The van der Waals surface area contributed by atoms with Gasteiger partial charge in [-0.05, 0) is 24.3 Å². The van der Waals surface area contributed by atoms with Crippen LogP contribution in [0.2, 0.25) is 0 Å². The molecule has 96 valence electrons. The summed E-state index contributed by atoms with van der Waals surface area (Å²) in [4.78, 5) is -0.420. The summed E-state index contributed by atoms with van der Waals surface area (Å²) in [6.45, 7) is 0. The van der Waals surface area contributed by atoms with Crippen LogP contribution in [0.15, 0.2) is 29.2 Å². The first-order valence-corrected chi connectivity index (χ1v) is 7.90. The Labute approximate surface area is 109 Å². The van der Waals surface area contributed by atoms with Crippen molar-refractivity contribution in [2.45, 2.75) is 16.9 Å². The molecule has 1 atom stereocenters. The van der Waals surface area contributed by atoms with Gasteiger partial charge in [0.2, 0.25) is 10.0 Å². The van der Waals surface area contributed by atoms with E-state index >= 15 is 0 Å². The van der Waals surface area contributed by atoms with Crippen LogP contribution >= 0.6 is 11.8 Å². The van der Waals surface area contributed by atoms with Gasteiger partial charge in [0.1, 0.15) is 16.3 Å². The largest absolute Gasteiger partial charge is 0.244 e. The number of sulfonamides is 1. The number of nitrogens with zero attached hydrogens (tertiary/aromatic N) is 1. The Balaban J connectivity index is 2.34. The van der Waals surface area contributed by atoms with Crippen LogP contribution in [0.1, 0.15) is 6.42 Å². The Morgan fingerprint density at radius 3 is 2.72 bits per heavy atom. The SMILES string of the molecule is N#C[C@]1(NS(=O)(=O)c2ccccc2F)CCSC1. The lowest BCUT2D eigenvalue weighted by molar-refractivity contribution is 0.507. The van der Waals surface area contributed by atoms with Gasteiger partial charge in [-0.1, -0.05) is 12.1 Å². The van der Waals surface area contributed by atoms with Crippen molar-refractivity contribution in [3.63, 3.8) is 0 Å². The molecule has 1 fully saturated rings. The maximum absolute atomic E-state index is 13.5. The number of rotatable bonds is 3. The first-order chi connectivity index (χ1) is 8.49. The zero-order valence-electron chi connectivity index (χ0n) is 9.39. The Bertz CT molecular complexity index is 589. The molecule has 2 rings (SSSR count). The molecule has 1 saturated heterocycles. The minimum atomic E-state index is -4.01. The Morgan fingerprint density at radius 1 is 1.44 bits per heavy atom. The number of benzene rings is 1. The van der Waals surface area contributed by atoms with Crippen LogP contribution in [-0.4, -0.2) is 25.5 Å². The number of nitrogens with one attached hydrogen (secondary N) is 1. The molecule has 1 aromatic carbocycles. The molecule has 4 nitrogen and oxygen atoms in total. The zero-order valence-corrected chi connectivity index (χ0v) is 11.0. The van der Waals surface area contributed by atoms with Gasteiger partial charge in [0.15, 0.2) is 0 Å². The van der Waals surface area contributed by atoms with Crippen molar-refractivity contribution in [1.82, 2.24) is 4.72 Å². The molecule has 0 unspecified atom stereocenters. The number of hydrogen-bond acceptors (Lipinski definition) is 4. The topological polar surface area (TPSA) is 70.0 Å². The maximum atomic E-state index is 13.5. The fourth-order valence-corrected chi connectivity index (χ4v) is 4.52. The minimum absolute atomic E-state index is 0.386. The van der Waals surface area contributed by atoms with E-state index in [4.69, 9.17) is 5.26 Å². The molecular formula is C11H11FN2O2S2. The van der Waals surface area contributed by atoms with E-state index in [1.165, 1.54) is 30.0 Å². The summed E-state index contributed by atoms with van der Waals surface area (Å²) in [5.74, 6) is 0.286. The highest BCUT2D eigenvalue weighted by atomic mass is 32.2. The fraction of sp³-hybridized carbons (Fsp3) is 0.364. The molecule has 1 aliphatic rings. The molecule has 1 aromatic rings. The standard InChI is InChI=1S/C11H11FN2O2S2/c12-9-3-1-2-4-10(9)18(15,16)14-11(7-13)5-6-17-8-11/h1-4,14H,5-6,8H2/t11-/m1/s1. The van der Waals surface area contributed by atoms with Gasteiger partial charge in [0, 0.05) is 5.75 Å². The quantitative estimate of drug-likeness (QED) is 0.914. The van der Waals surface area contributed by atoms with Gasteiger partial charge in [-0.15, -0.1) is 0 Å². The molecule has 0 radical (unpaired) electrons. The third-order valence-electron chi connectivity index (χ3n) is 2.69. The Hall–Kier alpha value is -1.10. The average molecular weight is 286 g/mol. The summed E-state index contributed by atoms with van der Waals surface area (Å²) < 4.78 is 39.9. The predicted molar refractivity (Wildman–Crippen MR) is 67.0 cm³/mol. The van der Waals surface area contributed by atoms with Crippen LogP contribution in [0.3, 0.4) is 0 Å². The molecule has 0 bridgehead atoms. The van der Waals surface area contributed by atoms with Crippen LogP contribution in [0.25, 0.3) is 0 Å². The van der Waals surface area contributed by atoms with Crippen molar-refractivity contribution >= 4 is 21.8 Å². The highest BCUT2D eigenvalue weighted by molar-refractivity contribution is 7.99. The zero-order chi connectivity index (χ0) is 13.2.